The van der Waals surface area contributed by atoms with Crippen LogP contribution >= 0.6 is 9.90 Å². The van der Waals surface area contributed by atoms with Crippen LogP contribution in [0.1, 0.15) is 0 Å². The molecule has 0 heterocycles. The summed E-state index contributed by atoms with van der Waals surface area (Å²) in [5.74, 6) is 0. The SMILES string of the molecule is P.[CH3-].[Ni].[Y]. The summed E-state index contributed by atoms with van der Waals surface area (Å²) in [6.45, 7) is 0. The summed E-state index contributed by atoms with van der Waals surface area (Å²) in [7, 11) is 0. The standard InChI is InChI=1S/CH3.Ni.H3P.Y/h1H3;;1H3;/q-1;;;. The van der Waals surface area contributed by atoms with Crippen molar-refractivity contribution in [1.82, 2.24) is 0 Å². The molecule has 1 radical (unpaired) electrons. The topological polar surface area (TPSA) is 0 Å². The average Bonchev–Trinajstić information content (AvgIpc) is 0. The second-order valence-corrected chi connectivity index (χ2v) is 0. The zero-order valence-corrected chi connectivity index (χ0v) is 7.84. The Labute approximate surface area is 65.9 Å². The van der Waals surface area contributed by atoms with Gasteiger partial charge in [-0.05, 0) is 0 Å². The van der Waals surface area contributed by atoms with Gasteiger partial charge in [0.2, 0.25) is 0 Å². The zero-order chi connectivity index (χ0) is 0. The van der Waals surface area contributed by atoms with Gasteiger partial charge in [0.15, 0.2) is 0 Å². The van der Waals surface area contributed by atoms with E-state index in [0.29, 0.717) is 0 Å². The van der Waals surface area contributed by atoms with Crippen LogP contribution in [0.4, 0.5) is 0 Å². The Morgan fingerprint density at radius 2 is 1.00 bits per heavy atom. The quantitative estimate of drug-likeness (QED) is 0.301. The molecule has 0 aliphatic rings. The zero-order valence-electron chi connectivity index (χ0n) is 2.60. The third kappa shape index (κ3) is 8.98. The molecule has 0 aromatic rings. The average molecular weight is 197 g/mol. The molecule has 1 unspecified atom stereocenters. The maximum Gasteiger partial charge on any atom is 0 e. The molecule has 0 saturated heterocycles. The molecule has 0 saturated carbocycles. The van der Waals surface area contributed by atoms with Crippen LogP contribution in [0.15, 0.2) is 0 Å². The van der Waals surface area contributed by atoms with Gasteiger partial charge >= 0.3 is 0 Å². The van der Waals surface area contributed by atoms with Crippen molar-refractivity contribution >= 4 is 9.90 Å². The Hall–Kier alpha value is 2.03. The maximum atomic E-state index is 0. The maximum absolute atomic E-state index is 0. The van der Waals surface area contributed by atoms with E-state index in [1.54, 1.807) is 0 Å². The largest absolute Gasteiger partial charge is 0.358 e. The molecule has 1 atom stereocenters. The molecule has 0 N–H and O–H groups in total. The van der Waals surface area contributed by atoms with Gasteiger partial charge in [-0.25, -0.2) is 0 Å². The van der Waals surface area contributed by atoms with Crippen LogP contribution in [0, 0.1) is 7.43 Å². The molecule has 0 rings (SSSR count). The van der Waals surface area contributed by atoms with E-state index in [1.165, 1.54) is 0 Å². The third-order valence-corrected chi connectivity index (χ3v) is 0. The fourth-order valence-corrected chi connectivity index (χ4v) is 0. The van der Waals surface area contributed by atoms with Crippen molar-refractivity contribution in [2.75, 3.05) is 0 Å². The van der Waals surface area contributed by atoms with E-state index in [9.17, 15) is 0 Å². The van der Waals surface area contributed by atoms with Crippen molar-refractivity contribution in [3.8, 4) is 0 Å². The van der Waals surface area contributed by atoms with Gasteiger partial charge in [-0.1, -0.05) is 0 Å². The summed E-state index contributed by atoms with van der Waals surface area (Å²) in [6, 6.07) is 0. The van der Waals surface area contributed by atoms with Gasteiger partial charge in [0.25, 0.3) is 0 Å². The molecule has 0 aliphatic carbocycles. The summed E-state index contributed by atoms with van der Waals surface area (Å²) in [5.41, 5.74) is 0. The van der Waals surface area contributed by atoms with Gasteiger partial charge in [0, 0.05) is 49.2 Å². The van der Waals surface area contributed by atoms with E-state index in [1.807, 2.05) is 0 Å². The first-order chi connectivity index (χ1) is 0. The second-order valence-electron chi connectivity index (χ2n) is 0. The molecule has 0 fully saturated rings. The van der Waals surface area contributed by atoms with Crippen LogP contribution in [0.2, 0.25) is 0 Å². The van der Waals surface area contributed by atoms with E-state index in [0.717, 1.165) is 0 Å². The van der Waals surface area contributed by atoms with E-state index in [-0.39, 0.29) is 66.5 Å². The summed E-state index contributed by atoms with van der Waals surface area (Å²) < 4.78 is 0. The van der Waals surface area contributed by atoms with Crippen molar-refractivity contribution in [2.24, 2.45) is 0 Å². The molecule has 0 nitrogen and oxygen atoms in total. The van der Waals surface area contributed by atoms with Gasteiger partial charge < -0.3 is 7.43 Å². The molecule has 0 aliphatic heterocycles. The first kappa shape index (κ1) is 37.1. The van der Waals surface area contributed by atoms with Crippen LogP contribution < -0.4 is 0 Å². The van der Waals surface area contributed by atoms with E-state index in [2.05, 4.69) is 0 Å². The molecule has 0 bridgehead atoms. The molecule has 29 valence electrons. The normalized spacial score (nSPS) is 0. The summed E-state index contributed by atoms with van der Waals surface area (Å²) in [6.07, 6.45) is 0. The fourth-order valence-electron chi connectivity index (χ4n) is 0. The van der Waals surface area contributed by atoms with Gasteiger partial charge in [0.05, 0.1) is 0 Å². The van der Waals surface area contributed by atoms with E-state index < -0.39 is 0 Å². The number of hydrogen-bond donors (Lipinski definition) is 0. The van der Waals surface area contributed by atoms with Crippen molar-refractivity contribution in [3.63, 3.8) is 0 Å². The van der Waals surface area contributed by atoms with Crippen LogP contribution in [-0.4, -0.2) is 0 Å². The Morgan fingerprint density at radius 3 is 1.00 bits per heavy atom. The monoisotopic (exact) mass is 196 g/mol. The molecule has 0 aromatic heterocycles. The predicted molar refractivity (Wildman–Crippen MR) is 17.5 cm³/mol. The number of rotatable bonds is 0. The van der Waals surface area contributed by atoms with Crippen molar-refractivity contribution in [2.45, 2.75) is 0 Å². The molecular formula is CH6NiPY-. The summed E-state index contributed by atoms with van der Waals surface area (Å²) in [4.78, 5) is 0. The second kappa shape index (κ2) is 19.8. The smallest absolute Gasteiger partial charge is 0 e. The van der Waals surface area contributed by atoms with E-state index >= 15 is 0 Å². The Bertz CT molecular complexity index is 8.00. The molecule has 0 aromatic carbocycles. The molecule has 4 heavy (non-hydrogen) atoms. The van der Waals surface area contributed by atoms with Gasteiger partial charge in [-0.2, -0.15) is 9.90 Å². The molecule has 3 heteroatoms. The van der Waals surface area contributed by atoms with Crippen LogP contribution in [0.5, 0.6) is 0 Å². The Balaban J connectivity index is 0. The number of hydrogen-bond acceptors (Lipinski definition) is 0. The van der Waals surface area contributed by atoms with Crippen LogP contribution in [0.25, 0.3) is 0 Å². The Kier molecular flexibility index (Phi) is 184. The Morgan fingerprint density at radius 1 is 1.00 bits per heavy atom. The van der Waals surface area contributed by atoms with Crippen molar-refractivity contribution in [1.29, 1.82) is 0 Å². The fraction of sp³-hybridized carbons (Fsp3) is 0. The van der Waals surface area contributed by atoms with Crippen molar-refractivity contribution in [3.05, 3.63) is 7.43 Å². The third-order valence-electron chi connectivity index (χ3n) is 0. The minimum atomic E-state index is 0. The van der Waals surface area contributed by atoms with Gasteiger partial charge in [-0.15, -0.1) is 0 Å². The van der Waals surface area contributed by atoms with Gasteiger partial charge in [0.1, 0.15) is 0 Å². The minimum Gasteiger partial charge on any atom is -0.358 e. The van der Waals surface area contributed by atoms with Gasteiger partial charge in [-0.3, -0.25) is 0 Å². The van der Waals surface area contributed by atoms with Crippen LogP contribution in [-0.2, 0) is 49.2 Å². The van der Waals surface area contributed by atoms with Crippen molar-refractivity contribution < 1.29 is 49.2 Å². The summed E-state index contributed by atoms with van der Waals surface area (Å²) >= 11 is 0. The first-order valence-electron chi connectivity index (χ1n) is 0. The molecule has 0 amide bonds. The first-order valence-corrected chi connectivity index (χ1v) is 0. The van der Waals surface area contributed by atoms with E-state index in [4.69, 9.17) is 0 Å². The molecule has 0 spiro atoms. The summed E-state index contributed by atoms with van der Waals surface area (Å²) in [5, 5.41) is 0. The predicted octanol–water partition coefficient (Wildman–Crippen LogP) is 0.503. The van der Waals surface area contributed by atoms with Crippen LogP contribution in [0.3, 0.4) is 0 Å². The minimum absolute atomic E-state index is 0. The molecular weight excluding hydrogens is 191 g/mol.